The summed E-state index contributed by atoms with van der Waals surface area (Å²) in [4.78, 5) is 15.3. The zero-order valence-corrected chi connectivity index (χ0v) is 10.1. The molecule has 0 aliphatic heterocycles. The predicted molar refractivity (Wildman–Crippen MR) is 63.8 cm³/mol. The number of aromatic nitrogens is 2. The third-order valence-corrected chi connectivity index (χ3v) is 2.40. The molecule has 2 N–H and O–H groups in total. The molecule has 0 atom stereocenters. The summed E-state index contributed by atoms with van der Waals surface area (Å²) in [6, 6.07) is 2.90. The Morgan fingerprint density at radius 1 is 1.37 bits per heavy atom. The van der Waals surface area contributed by atoms with Crippen molar-refractivity contribution >= 4 is 11.8 Å². The molecular formula is C12H11F2N3O2. The summed E-state index contributed by atoms with van der Waals surface area (Å²) in [6.07, 6.45) is 1.20. The van der Waals surface area contributed by atoms with Crippen LogP contribution in [0.25, 0.3) is 5.69 Å². The van der Waals surface area contributed by atoms with Crippen LogP contribution >= 0.6 is 0 Å². The van der Waals surface area contributed by atoms with Gasteiger partial charge in [-0.2, -0.15) is 0 Å². The summed E-state index contributed by atoms with van der Waals surface area (Å²) in [5, 5.41) is 0. The molecule has 1 aromatic carbocycles. The Labute approximate surface area is 107 Å². The summed E-state index contributed by atoms with van der Waals surface area (Å²) in [6.45, 7) is 1.83. The summed E-state index contributed by atoms with van der Waals surface area (Å²) < 4.78 is 32.2. The average Bonchev–Trinajstić information content (AvgIpc) is 2.70. The van der Waals surface area contributed by atoms with Crippen molar-refractivity contribution < 1.29 is 18.3 Å². The van der Waals surface area contributed by atoms with Crippen LogP contribution in [0.1, 0.15) is 17.4 Å². The number of imidazole rings is 1. The SMILES string of the molecule is CCOC(=O)c1ncn(-c2cc(F)cc(F)c2)c1N. The number of rotatable bonds is 3. The van der Waals surface area contributed by atoms with Crippen molar-refractivity contribution in [2.75, 3.05) is 12.3 Å². The molecule has 2 aromatic rings. The third-order valence-electron chi connectivity index (χ3n) is 2.40. The number of ether oxygens (including phenoxy) is 1. The van der Waals surface area contributed by atoms with Crippen LogP contribution < -0.4 is 5.73 Å². The highest BCUT2D eigenvalue weighted by Gasteiger charge is 2.18. The van der Waals surface area contributed by atoms with E-state index in [-0.39, 0.29) is 23.8 Å². The lowest BCUT2D eigenvalue weighted by Crippen LogP contribution is -2.09. The fourth-order valence-corrected chi connectivity index (χ4v) is 1.60. The Bertz CT molecular complexity index is 605. The van der Waals surface area contributed by atoms with Crippen molar-refractivity contribution in [2.45, 2.75) is 6.92 Å². The van der Waals surface area contributed by atoms with E-state index in [0.29, 0.717) is 0 Å². The maximum Gasteiger partial charge on any atom is 0.360 e. The highest BCUT2D eigenvalue weighted by atomic mass is 19.1. The second kappa shape index (κ2) is 5.05. The van der Waals surface area contributed by atoms with Crippen LogP contribution in [0.3, 0.4) is 0 Å². The van der Waals surface area contributed by atoms with Gasteiger partial charge in [0.15, 0.2) is 5.69 Å². The van der Waals surface area contributed by atoms with Crippen LogP contribution in [0.2, 0.25) is 0 Å². The Kier molecular flexibility index (Phi) is 3.46. The van der Waals surface area contributed by atoms with E-state index in [0.717, 1.165) is 18.2 Å². The van der Waals surface area contributed by atoms with E-state index >= 15 is 0 Å². The highest BCUT2D eigenvalue weighted by Crippen LogP contribution is 2.19. The third kappa shape index (κ3) is 2.54. The maximum absolute atomic E-state index is 13.1. The van der Waals surface area contributed by atoms with Gasteiger partial charge in [0, 0.05) is 6.07 Å². The van der Waals surface area contributed by atoms with Gasteiger partial charge in [0.25, 0.3) is 0 Å². The molecule has 0 aliphatic carbocycles. The first kappa shape index (κ1) is 13.0. The van der Waals surface area contributed by atoms with E-state index in [2.05, 4.69) is 4.98 Å². The summed E-state index contributed by atoms with van der Waals surface area (Å²) >= 11 is 0. The number of nitrogens with zero attached hydrogens (tertiary/aromatic N) is 2. The molecule has 100 valence electrons. The van der Waals surface area contributed by atoms with Crippen molar-refractivity contribution in [1.29, 1.82) is 0 Å². The molecule has 0 unspecified atom stereocenters. The number of benzene rings is 1. The molecule has 0 saturated heterocycles. The van der Waals surface area contributed by atoms with Crippen LogP contribution in [-0.2, 0) is 4.74 Å². The molecule has 2 rings (SSSR count). The first-order valence-corrected chi connectivity index (χ1v) is 5.49. The normalized spacial score (nSPS) is 10.5. The first-order valence-electron chi connectivity index (χ1n) is 5.49. The van der Waals surface area contributed by atoms with Gasteiger partial charge in [-0.3, -0.25) is 4.57 Å². The fourth-order valence-electron chi connectivity index (χ4n) is 1.60. The molecule has 0 bridgehead atoms. The van der Waals surface area contributed by atoms with Crippen LogP contribution in [-0.4, -0.2) is 22.1 Å². The zero-order valence-electron chi connectivity index (χ0n) is 10.1. The van der Waals surface area contributed by atoms with Crippen molar-refractivity contribution in [1.82, 2.24) is 9.55 Å². The van der Waals surface area contributed by atoms with E-state index in [1.165, 1.54) is 10.9 Å². The summed E-state index contributed by atoms with van der Waals surface area (Å²) in [7, 11) is 0. The number of halogens is 2. The van der Waals surface area contributed by atoms with Gasteiger partial charge in [0.1, 0.15) is 23.8 Å². The van der Waals surface area contributed by atoms with Gasteiger partial charge in [-0.15, -0.1) is 0 Å². The van der Waals surface area contributed by atoms with Crippen LogP contribution in [0, 0.1) is 11.6 Å². The number of carbonyl (C=O) groups is 1. The van der Waals surface area contributed by atoms with Crippen LogP contribution in [0.15, 0.2) is 24.5 Å². The number of hydrogen-bond donors (Lipinski definition) is 1. The monoisotopic (exact) mass is 267 g/mol. The molecule has 0 saturated carbocycles. The predicted octanol–water partition coefficient (Wildman–Crippen LogP) is 1.91. The number of hydrogen-bond acceptors (Lipinski definition) is 4. The highest BCUT2D eigenvalue weighted by molar-refractivity contribution is 5.92. The van der Waals surface area contributed by atoms with Gasteiger partial charge in [-0.05, 0) is 19.1 Å². The molecule has 0 aliphatic rings. The van der Waals surface area contributed by atoms with Crippen molar-refractivity contribution in [2.24, 2.45) is 0 Å². The van der Waals surface area contributed by atoms with E-state index in [1.54, 1.807) is 6.92 Å². The largest absolute Gasteiger partial charge is 0.461 e. The number of nitrogens with two attached hydrogens (primary N) is 1. The Balaban J connectivity index is 2.44. The Morgan fingerprint density at radius 3 is 2.58 bits per heavy atom. The Hall–Kier alpha value is -2.44. The second-order valence-corrected chi connectivity index (χ2v) is 3.70. The van der Waals surface area contributed by atoms with Gasteiger partial charge in [-0.25, -0.2) is 18.6 Å². The molecule has 0 spiro atoms. The molecule has 19 heavy (non-hydrogen) atoms. The van der Waals surface area contributed by atoms with Crippen LogP contribution in [0.5, 0.6) is 0 Å². The zero-order chi connectivity index (χ0) is 14.0. The van der Waals surface area contributed by atoms with Crippen molar-refractivity contribution in [3.05, 3.63) is 41.9 Å². The number of anilines is 1. The minimum Gasteiger partial charge on any atom is -0.461 e. The first-order chi connectivity index (χ1) is 9.02. The molecule has 1 heterocycles. The lowest BCUT2D eigenvalue weighted by molar-refractivity contribution is 0.0521. The molecule has 0 radical (unpaired) electrons. The van der Waals surface area contributed by atoms with Gasteiger partial charge >= 0.3 is 5.97 Å². The molecule has 7 heteroatoms. The average molecular weight is 267 g/mol. The quantitative estimate of drug-likeness (QED) is 0.862. The smallest absolute Gasteiger partial charge is 0.360 e. The molecule has 5 nitrogen and oxygen atoms in total. The molecule has 1 aromatic heterocycles. The number of nitrogen functional groups attached to an aromatic ring is 1. The van der Waals surface area contributed by atoms with Gasteiger partial charge in [-0.1, -0.05) is 0 Å². The molecule has 0 fully saturated rings. The standard InChI is InChI=1S/C12H11F2N3O2/c1-2-19-12(18)10-11(15)17(6-16-10)9-4-7(13)3-8(14)5-9/h3-6H,2,15H2,1H3. The molecule has 0 amide bonds. The second-order valence-electron chi connectivity index (χ2n) is 3.70. The lowest BCUT2D eigenvalue weighted by Gasteiger charge is -2.06. The minimum absolute atomic E-state index is 0.0385. The van der Waals surface area contributed by atoms with Crippen molar-refractivity contribution in [3.63, 3.8) is 0 Å². The maximum atomic E-state index is 13.1. The topological polar surface area (TPSA) is 70.1 Å². The Morgan fingerprint density at radius 2 is 2.00 bits per heavy atom. The van der Waals surface area contributed by atoms with E-state index in [1.807, 2.05) is 0 Å². The van der Waals surface area contributed by atoms with Gasteiger partial charge in [0.2, 0.25) is 0 Å². The molecular weight excluding hydrogens is 256 g/mol. The number of esters is 1. The summed E-state index contributed by atoms with van der Waals surface area (Å²) in [5.41, 5.74) is 5.77. The fraction of sp³-hybridized carbons (Fsp3) is 0.167. The van der Waals surface area contributed by atoms with E-state index < -0.39 is 17.6 Å². The van der Waals surface area contributed by atoms with E-state index in [9.17, 15) is 13.6 Å². The number of carbonyl (C=O) groups excluding carboxylic acids is 1. The van der Waals surface area contributed by atoms with E-state index in [4.69, 9.17) is 10.5 Å². The van der Waals surface area contributed by atoms with Crippen LogP contribution in [0.4, 0.5) is 14.6 Å². The van der Waals surface area contributed by atoms with Gasteiger partial charge in [0.05, 0.1) is 12.3 Å². The van der Waals surface area contributed by atoms with Gasteiger partial charge < -0.3 is 10.5 Å². The minimum atomic E-state index is -0.749. The lowest BCUT2D eigenvalue weighted by atomic mass is 10.3. The van der Waals surface area contributed by atoms with Crippen molar-refractivity contribution in [3.8, 4) is 5.69 Å². The summed E-state index contributed by atoms with van der Waals surface area (Å²) in [5.74, 6) is -2.22.